The Hall–Kier alpha value is -2.89. The number of allylic oxidation sites excluding steroid dienone is 10. The van der Waals surface area contributed by atoms with Gasteiger partial charge in [0, 0.05) is 19.3 Å². The van der Waals surface area contributed by atoms with Crippen LogP contribution in [-0.2, 0) is 28.6 Å². The highest BCUT2D eigenvalue weighted by molar-refractivity contribution is 5.71. The smallest absolute Gasteiger partial charge is 0.306 e. The van der Waals surface area contributed by atoms with Crippen LogP contribution < -0.4 is 0 Å². The lowest BCUT2D eigenvalue weighted by Gasteiger charge is -2.18. The van der Waals surface area contributed by atoms with Crippen LogP contribution in [0.2, 0.25) is 0 Å². The summed E-state index contributed by atoms with van der Waals surface area (Å²) in [7, 11) is 0. The zero-order chi connectivity index (χ0) is 43.7. The normalized spacial score (nSPS) is 12.5. The van der Waals surface area contributed by atoms with Gasteiger partial charge in [-0.15, -0.1) is 0 Å². The zero-order valence-electron chi connectivity index (χ0n) is 39.5. The van der Waals surface area contributed by atoms with Crippen molar-refractivity contribution < 1.29 is 28.6 Å². The van der Waals surface area contributed by atoms with E-state index in [-0.39, 0.29) is 37.5 Å². The quantitative estimate of drug-likeness (QED) is 0.0200. The first-order chi connectivity index (χ1) is 29.5. The maximum atomic E-state index is 12.7. The lowest BCUT2D eigenvalue weighted by atomic mass is 10.0. The van der Waals surface area contributed by atoms with Gasteiger partial charge in [0.05, 0.1) is 0 Å². The number of esters is 3. The molecule has 0 spiro atoms. The molecule has 0 saturated carbocycles. The number of unbranched alkanes of at least 4 members (excludes halogenated alkanes) is 27. The molecule has 0 aliphatic carbocycles. The second-order valence-electron chi connectivity index (χ2n) is 16.8. The number of carbonyl (C=O) groups excluding carboxylic acids is 3. The highest BCUT2D eigenvalue weighted by atomic mass is 16.6. The van der Waals surface area contributed by atoms with Crippen molar-refractivity contribution in [3.8, 4) is 0 Å². The van der Waals surface area contributed by atoms with E-state index in [1.807, 2.05) is 36.5 Å². The number of hydrogen-bond donors (Lipinski definition) is 0. The summed E-state index contributed by atoms with van der Waals surface area (Å²) in [6.45, 7) is 6.46. The Morgan fingerprint density at radius 3 is 1.08 bits per heavy atom. The van der Waals surface area contributed by atoms with Gasteiger partial charge < -0.3 is 14.2 Å². The molecule has 0 aliphatic rings. The Morgan fingerprint density at radius 1 is 0.350 bits per heavy atom. The fraction of sp³-hybridized carbons (Fsp3) is 0.759. The first-order valence-corrected chi connectivity index (χ1v) is 25.3. The van der Waals surface area contributed by atoms with E-state index < -0.39 is 6.10 Å². The largest absolute Gasteiger partial charge is 0.462 e. The van der Waals surface area contributed by atoms with E-state index in [0.29, 0.717) is 12.8 Å². The second-order valence-corrected chi connectivity index (χ2v) is 16.8. The average molecular weight is 839 g/mol. The van der Waals surface area contributed by atoms with Crippen molar-refractivity contribution >= 4 is 17.9 Å². The Bertz CT molecular complexity index is 1100. The predicted molar refractivity (Wildman–Crippen MR) is 256 cm³/mol. The standard InChI is InChI=1S/C54H94O6/c1-4-7-10-13-16-19-22-25-26-27-30-32-35-38-41-44-47-53(56)59-50-51(60-54(57)48-45-42-39-36-33-29-24-21-18-15-12-9-6-3)49-58-52(55)46-43-40-37-34-31-28-23-20-17-14-11-8-5-2/h9,12,15,18,21,24,26-27,29,33,51H,4-8,10-11,13-14,16-17,19-20,22-23,25,28,30-32,34-50H2,1-3H3/b12-9-,18-15-,24-21-,27-26-,33-29-. The van der Waals surface area contributed by atoms with Gasteiger partial charge in [0.15, 0.2) is 6.10 Å². The van der Waals surface area contributed by atoms with Crippen LogP contribution in [0.3, 0.4) is 0 Å². The van der Waals surface area contributed by atoms with E-state index in [4.69, 9.17) is 14.2 Å². The molecule has 0 rings (SSSR count). The van der Waals surface area contributed by atoms with Crippen LogP contribution in [0.1, 0.15) is 245 Å². The second kappa shape index (κ2) is 48.8. The number of carbonyl (C=O) groups is 3. The molecule has 0 fully saturated rings. The van der Waals surface area contributed by atoms with E-state index in [1.54, 1.807) is 0 Å². The molecule has 346 valence electrons. The van der Waals surface area contributed by atoms with Crippen LogP contribution >= 0.6 is 0 Å². The van der Waals surface area contributed by atoms with Crippen molar-refractivity contribution in [1.82, 2.24) is 0 Å². The summed E-state index contributed by atoms with van der Waals surface area (Å²) in [6, 6.07) is 0. The maximum absolute atomic E-state index is 12.7. The topological polar surface area (TPSA) is 78.9 Å². The van der Waals surface area contributed by atoms with Crippen molar-refractivity contribution in [2.24, 2.45) is 0 Å². The molecule has 0 aromatic rings. The van der Waals surface area contributed by atoms with Gasteiger partial charge in [-0.3, -0.25) is 14.4 Å². The first kappa shape index (κ1) is 57.1. The summed E-state index contributed by atoms with van der Waals surface area (Å²) < 4.78 is 16.7. The molecule has 0 aromatic carbocycles. The van der Waals surface area contributed by atoms with Gasteiger partial charge in [0.2, 0.25) is 0 Å². The van der Waals surface area contributed by atoms with Crippen molar-refractivity contribution in [2.45, 2.75) is 252 Å². The van der Waals surface area contributed by atoms with Gasteiger partial charge in [-0.1, -0.05) is 223 Å². The lowest BCUT2D eigenvalue weighted by Crippen LogP contribution is -2.30. The molecule has 0 heterocycles. The monoisotopic (exact) mass is 839 g/mol. The third-order valence-corrected chi connectivity index (χ3v) is 10.9. The Labute approximate surface area is 370 Å². The maximum Gasteiger partial charge on any atom is 0.306 e. The molecule has 0 radical (unpaired) electrons. The molecule has 0 aromatic heterocycles. The number of ether oxygens (including phenoxy) is 3. The highest BCUT2D eigenvalue weighted by Gasteiger charge is 2.19. The SMILES string of the molecule is CC\C=C/C=C\C=C/C=C\CCCCCC(=O)OC(COC(=O)CCCCCCC/C=C\CCCCCCCCC)COC(=O)CCCCCCCCCCCCCCC. The molecular weight excluding hydrogens is 745 g/mol. The van der Waals surface area contributed by atoms with Gasteiger partial charge in [0.1, 0.15) is 13.2 Å². The van der Waals surface area contributed by atoms with Crippen LogP contribution in [0.5, 0.6) is 0 Å². The van der Waals surface area contributed by atoms with Gasteiger partial charge >= 0.3 is 17.9 Å². The van der Waals surface area contributed by atoms with E-state index in [2.05, 4.69) is 45.1 Å². The van der Waals surface area contributed by atoms with E-state index in [0.717, 1.165) is 77.0 Å². The minimum Gasteiger partial charge on any atom is -0.462 e. The van der Waals surface area contributed by atoms with Gasteiger partial charge in [0.25, 0.3) is 0 Å². The molecular formula is C54H94O6. The molecule has 0 aliphatic heterocycles. The summed E-state index contributed by atoms with van der Waals surface area (Å²) in [6.07, 6.45) is 59.2. The van der Waals surface area contributed by atoms with Crippen LogP contribution in [0.15, 0.2) is 60.8 Å². The number of rotatable bonds is 45. The molecule has 1 unspecified atom stereocenters. The van der Waals surface area contributed by atoms with Crippen LogP contribution in [0.4, 0.5) is 0 Å². The van der Waals surface area contributed by atoms with Crippen molar-refractivity contribution in [3.63, 3.8) is 0 Å². The Morgan fingerprint density at radius 2 is 0.667 bits per heavy atom. The average Bonchev–Trinajstić information content (AvgIpc) is 3.24. The molecule has 0 amide bonds. The first-order valence-electron chi connectivity index (χ1n) is 25.3. The fourth-order valence-corrected chi connectivity index (χ4v) is 7.04. The summed E-state index contributed by atoms with van der Waals surface area (Å²) in [5.41, 5.74) is 0. The van der Waals surface area contributed by atoms with E-state index >= 15 is 0 Å². The van der Waals surface area contributed by atoms with E-state index in [9.17, 15) is 14.4 Å². The minimum absolute atomic E-state index is 0.0911. The summed E-state index contributed by atoms with van der Waals surface area (Å²) in [5, 5.41) is 0. The Balaban J connectivity index is 4.42. The molecule has 0 bridgehead atoms. The number of hydrogen-bond acceptors (Lipinski definition) is 6. The summed E-state index contributed by atoms with van der Waals surface area (Å²) in [4.78, 5) is 37.9. The molecule has 0 N–H and O–H groups in total. The molecule has 0 saturated heterocycles. The fourth-order valence-electron chi connectivity index (χ4n) is 7.04. The van der Waals surface area contributed by atoms with E-state index in [1.165, 1.54) is 128 Å². The lowest BCUT2D eigenvalue weighted by molar-refractivity contribution is -0.167. The molecule has 60 heavy (non-hydrogen) atoms. The molecule has 1 atom stereocenters. The van der Waals surface area contributed by atoms with Crippen LogP contribution in [-0.4, -0.2) is 37.2 Å². The highest BCUT2D eigenvalue weighted by Crippen LogP contribution is 2.15. The molecule has 6 nitrogen and oxygen atoms in total. The summed E-state index contributed by atoms with van der Waals surface area (Å²) >= 11 is 0. The third-order valence-electron chi connectivity index (χ3n) is 10.9. The summed E-state index contributed by atoms with van der Waals surface area (Å²) in [5.74, 6) is -0.935. The van der Waals surface area contributed by atoms with Crippen LogP contribution in [0, 0.1) is 0 Å². The van der Waals surface area contributed by atoms with Gasteiger partial charge in [-0.25, -0.2) is 0 Å². The van der Waals surface area contributed by atoms with Crippen molar-refractivity contribution in [1.29, 1.82) is 0 Å². The van der Waals surface area contributed by atoms with Crippen molar-refractivity contribution in [3.05, 3.63) is 60.8 Å². The Kier molecular flexibility index (Phi) is 46.4. The molecule has 6 heteroatoms. The predicted octanol–water partition coefficient (Wildman–Crippen LogP) is 16.5. The van der Waals surface area contributed by atoms with Crippen molar-refractivity contribution in [2.75, 3.05) is 13.2 Å². The third kappa shape index (κ3) is 46.2. The van der Waals surface area contributed by atoms with Gasteiger partial charge in [-0.05, 0) is 64.2 Å². The zero-order valence-corrected chi connectivity index (χ0v) is 39.5. The minimum atomic E-state index is -0.794. The van der Waals surface area contributed by atoms with Crippen LogP contribution in [0.25, 0.3) is 0 Å². The van der Waals surface area contributed by atoms with Gasteiger partial charge in [-0.2, -0.15) is 0 Å².